The molecule has 6 heteroatoms. The minimum atomic E-state index is -0.884. The fourth-order valence-corrected chi connectivity index (χ4v) is 4.64. The highest BCUT2D eigenvalue weighted by Crippen LogP contribution is 2.41. The van der Waals surface area contributed by atoms with E-state index in [0.717, 1.165) is 37.4 Å². The Morgan fingerprint density at radius 1 is 1.03 bits per heavy atom. The number of rotatable bonds is 4. The molecule has 0 bridgehead atoms. The SMILES string of the molecule is N#Cc1ccccc1CN1CC[C@@]2(CCCN(Cc3ccc(F)c(F)c3)C2=O)C1. The van der Waals surface area contributed by atoms with E-state index >= 15 is 0 Å². The third kappa shape index (κ3) is 3.88. The highest BCUT2D eigenvalue weighted by molar-refractivity contribution is 5.84. The van der Waals surface area contributed by atoms with Crippen LogP contribution in [0.2, 0.25) is 0 Å². The zero-order valence-corrected chi connectivity index (χ0v) is 16.2. The molecule has 0 unspecified atom stereocenters. The number of carbonyl (C=O) groups excluding carboxylic acids is 1. The van der Waals surface area contributed by atoms with Crippen molar-refractivity contribution in [2.24, 2.45) is 5.41 Å². The number of hydrogen-bond acceptors (Lipinski definition) is 3. The minimum absolute atomic E-state index is 0.101. The highest BCUT2D eigenvalue weighted by Gasteiger charge is 2.48. The number of carbonyl (C=O) groups is 1. The monoisotopic (exact) mass is 395 g/mol. The molecule has 2 saturated heterocycles. The molecular weight excluding hydrogens is 372 g/mol. The number of benzene rings is 2. The van der Waals surface area contributed by atoms with Crippen LogP contribution >= 0.6 is 0 Å². The second-order valence-electron chi connectivity index (χ2n) is 8.09. The molecule has 2 aliphatic heterocycles. The van der Waals surface area contributed by atoms with Gasteiger partial charge in [-0.1, -0.05) is 24.3 Å². The van der Waals surface area contributed by atoms with Crippen LogP contribution in [0, 0.1) is 28.4 Å². The van der Waals surface area contributed by atoms with Gasteiger partial charge >= 0.3 is 0 Å². The maximum Gasteiger partial charge on any atom is 0.230 e. The molecule has 0 saturated carbocycles. The van der Waals surface area contributed by atoms with Crippen LogP contribution < -0.4 is 0 Å². The average molecular weight is 395 g/mol. The fourth-order valence-electron chi connectivity index (χ4n) is 4.64. The molecule has 2 aromatic rings. The Balaban J connectivity index is 1.46. The number of piperidine rings is 1. The second-order valence-corrected chi connectivity index (χ2v) is 8.09. The van der Waals surface area contributed by atoms with Gasteiger partial charge < -0.3 is 4.90 Å². The summed E-state index contributed by atoms with van der Waals surface area (Å²) in [5.74, 6) is -1.66. The second kappa shape index (κ2) is 7.92. The van der Waals surface area contributed by atoms with Crippen molar-refractivity contribution in [2.75, 3.05) is 19.6 Å². The quantitative estimate of drug-likeness (QED) is 0.790. The van der Waals surface area contributed by atoms with E-state index in [9.17, 15) is 18.8 Å². The van der Waals surface area contributed by atoms with Crippen LogP contribution in [-0.2, 0) is 17.9 Å². The van der Waals surface area contributed by atoms with Crippen molar-refractivity contribution in [3.8, 4) is 6.07 Å². The van der Waals surface area contributed by atoms with Crippen LogP contribution in [0.1, 0.15) is 36.0 Å². The summed E-state index contributed by atoms with van der Waals surface area (Å²) in [4.78, 5) is 17.3. The van der Waals surface area contributed by atoms with Crippen LogP contribution in [0.4, 0.5) is 8.78 Å². The molecule has 0 radical (unpaired) electrons. The van der Waals surface area contributed by atoms with Crippen molar-refractivity contribution < 1.29 is 13.6 Å². The molecule has 0 aromatic heterocycles. The largest absolute Gasteiger partial charge is 0.338 e. The zero-order chi connectivity index (χ0) is 20.4. The highest BCUT2D eigenvalue weighted by atomic mass is 19.2. The Labute approximate surface area is 169 Å². The first kappa shape index (κ1) is 19.5. The van der Waals surface area contributed by atoms with E-state index in [-0.39, 0.29) is 5.91 Å². The van der Waals surface area contributed by atoms with Crippen LogP contribution in [0.5, 0.6) is 0 Å². The first-order valence-electron chi connectivity index (χ1n) is 9.94. The predicted octanol–water partition coefficient (Wildman–Crippen LogP) is 3.85. The topological polar surface area (TPSA) is 47.3 Å². The summed E-state index contributed by atoms with van der Waals surface area (Å²) in [5.41, 5.74) is 1.84. The van der Waals surface area contributed by atoms with Gasteiger partial charge in [-0.2, -0.15) is 5.26 Å². The molecule has 2 aliphatic rings. The molecule has 0 N–H and O–H groups in total. The molecule has 1 amide bonds. The predicted molar refractivity (Wildman–Crippen MR) is 104 cm³/mol. The summed E-state index contributed by atoms with van der Waals surface area (Å²) in [6, 6.07) is 13.6. The normalized spacial score (nSPS) is 22.2. The summed E-state index contributed by atoms with van der Waals surface area (Å²) in [5, 5.41) is 9.31. The van der Waals surface area contributed by atoms with E-state index in [4.69, 9.17) is 0 Å². The fraction of sp³-hybridized carbons (Fsp3) is 0.391. The molecule has 2 heterocycles. The number of halogens is 2. The third-order valence-electron chi connectivity index (χ3n) is 6.15. The molecule has 0 aliphatic carbocycles. The average Bonchev–Trinajstić information content (AvgIpc) is 3.12. The van der Waals surface area contributed by atoms with E-state index in [1.165, 1.54) is 12.1 Å². The number of likely N-dealkylation sites (tertiary alicyclic amines) is 2. The molecule has 29 heavy (non-hydrogen) atoms. The van der Waals surface area contributed by atoms with Gasteiger partial charge in [-0.3, -0.25) is 9.69 Å². The van der Waals surface area contributed by atoms with Crippen LogP contribution in [0.15, 0.2) is 42.5 Å². The van der Waals surface area contributed by atoms with Crippen molar-refractivity contribution in [3.63, 3.8) is 0 Å². The summed E-state index contributed by atoms with van der Waals surface area (Å²) >= 11 is 0. The Kier molecular flexibility index (Phi) is 5.33. The Bertz CT molecular complexity index is 971. The minimum Gasteiger partial charge on any atom is -0.338 e. The first-order valence-corrected chi connectivity index (χ1v) is 9.94. The Morgan fingerprint density at radius 2 is 1.86 bits per heavy atom. The van der Waals surface area contributed by atoms with Gasteiger partial charge in [-0.15, -0.1) is 0 Å². The lowest BCUT2D eigenvalue weighted by Gasteiger charge is -2.39. The summed E-state index contributed by atoms with van der Waals surface area (Å²) in [6.07, 6.45) is 2.53. The molecule has 150 valence electrons. The van der Waals surface area contributed by atoms with Gasteiger partial charge in [0.1, 0.15) is 0 Å². The number of amides is 1. The molecule has 4 rings (SSSR count). The summed E-state index contributed by atoms with van der Waals surface area (Å²) in [7, 11) is 0. The maximum atomic E-state index is 13.5. The van der Waals surface area contributed by atoms with E-state index in [1.807, 2.05) is 24.3 Å². The molecular formula is C23H23F2N3O. The zero-order valence-electron chi connectivity index (χ0n) is 16.2. The van der Waals surface area contributed by atoms with Crippen LogP contribution in [-0.4, -0.2) is 35.3 Å². The molecule has 1 spiro atoms. The Hall–Kier alpha value is -2.78. The maximum absolute atomic E-state index is 13.5. The lowest BCUT2D eigenvalue weighted by Crippen LogP contribution is -2.49. The van der Waals surface area contributed by atoms with Crippen molar-refractivity contribution in [3.05, 3.63) is 70.8 Å². The lowest BCUT2D eigenvalue weighted by molar-refractivity contribution is -0.146. The van der Waals surface area contributed by atoms with E-state index in [0.29, 0.717) is 37.3 Å². The van der Waals surface area contributed by atoms with Crippen LogP contribution in [0.25, 0.3) is 0 Å². The van der Waals surface area contributed by atoms with Gasteiger partial charge in [-0.05, 0) is 55.1 Å². The van der Waals surface area contributed by atoms with E-state index < -0.39 is 17.0 Å². The number of hydrogen-bond donors (Lipinski definition) is 0. The summed E-state index contributed by atoms with van der Waals surface area (Å²) in [6.45, 7) is 3.07. The number of nitriles is 1. The molecule has 4 nitrogen and oxygen atoms in total. The first-order chi connectivity index (χ1) is 14.0. The van der Waals surface area contributed by atoms with Gasteiger partial charge in [0.2, 0.25) is 5.91 Å². The van der Waals surface area contributed by atoms with Crippen molar-refractivity contribution in [1.82, 2.24) is 9.80 Å². The van der Waals surface area contributed by atoms with E-state index in [2.05, 4.69) is 11.0 Å². The molecule has 1 atom stereocenters. The van der Waals surface area contributed by atoms with Gasteiger partial charge in [-0.25, -0.2) is 8.78 Å². The standard InChI is InChI=1S/C23H23F2N3O/c24-20-7-6-17(12-21(20)25)14-28-10-3-8-23(22(28)29)9-11-27(16-23)15-19-5-2-1-4-18(19)13-26/h1-2,4-7,12H,3,8-11,14-16H2/t23-/m0/s1. The van der Waals surface area contributed by atoms with Crippen molar-refractivity contribution in [2.45, 2.75) is 32.4 Å². The Morgan fingerprint density at radius 3 is 2.66 bits per heavy atom. The van der Waals surface area contributed by atoms with Crippen LogP contribution in [0.3, 0.4) is 0 Å². The number of nitrogens with zero attached hydrogens (tertiary/aromatic N) is 3. The molecule has 2 aromatic carbocycles. The lowest BCUT2D eigenvalue weighted by atomic mass is 9.78. The van der Waals surface area contributed by atoms with Gasteiger partial charge in [0.25, 0.3) is 0 Å². The molecule has 2 fully saturated rings. The smallest absolute Gasteiger partial charge is 0.230 e. The van der Waals surface area contributed by atoms with Crippen molar-refractivity contribution in [1.29, 1.82) is 5.26 Å². The van der Waals surface area contributed by atoms with Crippen molar-refractivity contribution >= 4 is 5.91 Å². The van der Waals surface area contributed by atoms with Gasteiger partial charge in [0, 0.05) is 26.2 Å². The third-order valence-corrected chi connectivity index (χ3v) is 6.15. The van der Waals surface area contributed by atoms with Gasteiger partial charge in [0.05, 0.1) is 17.0 Å². The van der Waals surface area contributed by atoms with Gasteiger partial charge in [0.15, 0.2) is 11.6 Å². The summed E-state index contributed by atoms with van der Waals surface area (Å²) < 4.78 is 26.7. The van der Waals surface area contributed by atoms with E-state index in [1.54, 1.807) is 4.90 Å².